The second kappa shape index (κ2) is 9.48. The Hall–Kier alpha value is -3.84. The van der Waals surface area contributed by atoms with Crippen LogP contribution in [0.25, 0.3) is 0 Å². The van der Waals surface area contributed by atoms with Crippen LogP contribution in [0.4, 0.5) is 10.5 Å². The molecule has 4 aromatic carbocycles. The number of nitrogens with one attached hydrogen (secondary N) is 1. The number of carbonyl (C=O) groups excluding carboxylic acids is 1. The first-order valence-corrected chi connectivity index (χ1v) is 12.8. The van der Waals surface area contributed by atoms with Crippen molar-refractivity contribution in [2.24, 2.45) is 0 Å². The van der Waals surface area contributed by atoms with E-state index in [9.17, 15) is 15.0 Å². The number of carbonyl (C=O) groups is 1. The summed E-state index contributed by atoms with van der Waals surface area (Å²) in [5.41, 5.74) is 0.372. The summed E-state index contributed by atoms with van der Waals surface area (Å²) >= 11 is 6.19. The van der Waals surface area contributed by atoms with Crippen LogP contribution in [0, 0.1) is 0 Å². The standard InChI is InChI=1S/C31H26ClNO5/c32-23-13-11-22(12-14-23)31-26(21-9-5-2-6-10-21)18-28(34)30(31,36)25-16-15-24(17-27(25)38-31)33-29(35)37-19-20-7-3-1-4-8-20/h1-17,26,28,34,36H,18-19H2,(H,33,35)/t26-,28-,30-,31-/m0/s1. The van der Waals surface area contributed by atoms with Gasteiger partial charge in [-0.15, -0.1) is 0 Å². The van der Waals surface area contributed by atoms with Crippen molar-refractivity contribution in [2.75, 3.05) is 5.32 Å². The van der Waals surface area contributed by atoms with Crippen LogP contribution in [0.1, 0.15) is 34.6 Å². The van der Waals surface area contributed by atoms with Gasteiger partial charge in [-0.05, 0) is 41.3 Å². The topological polar surface area (TPSA) is 88.0 Å². The van der Waals surface area contributed by atoms with Crippen molar-refractivity contribution < 1.29 is 24.5 Å². The van der Waals surface area contributed by atoms with Crippen LogP contribution in [0.3, 0.4) is 0 Å². The number of anilines is 1. The van der Waals surface area contributed by atoms with Crippen molar-refractivity contribution in [1.82, 2.24) is 0 Å². The Balaban J connectivity index is 1.36. The molecule has 6 rings (SSSR count). The molecule has 6 nitrogen and oxygen atoms in total. The number of benzene rings is 4. The molecule has 1 aliphatic heterocycles. The summed E-state index contributed by atoms with van der Waals surface area (Å²) in [6.07, 6.45) is -1.41. The van der Waals surface area contributed by atoms with Crippen molar-refractivity contribution in [1.29, 1.82) is 0 Å². The Kier molecular flexibility index (Phi) is 6.11. The zero-order chi connectivity index (χ0) is 26.3. The molecule has 1 aliphatic carbocycles. The van der Waals surface area contributed by atoms with E-state index in [0.717, 1.165) is 11.1 Å². The third-order valence-corrected chi connectivity index (χ3v) is 7.85. The molecular weight excluding hydrogens is 502 g/mol. The van der Waals surface area contributed by atoms with E-state index in [0.29, 0.717) is 34.0 Å². The Bertz CT molecular complexity index is 1460. The molecule has 7 heteroatoms. The number of hydrogen-bond acceptors (Lipinski definition) is 5. The third-order valence-electron chi connectivity index (χ3n) is 7.60. The Labute approximate surface area is 225 Å². The molecule has 0 unspecified atom stereocenters. The lowest BCUT2D eigenvalue weighted by Crippen LogP contribution is -2.51. The molecule has 0 aromatic heterocycles. The summed E-state index contributed by atoms with van der Waals surface area (Å²) in [5.74, 6) is 0.0208. The van der Waals surface area contributed by atoms with Crippen molar-refractivity contribution in [3.8, 4) is 5.75 Å². The van der Waals surface area contributed by atoms with Gasteiger partial charge in [-0.25, -0.2) is 4.79 Å². The normalized spacial score (nSPS) is 25.2. The minimum Gasteiger partial charge on any atom is -0.478 e. The average molecular weight is 528 g/mol. The predicted molar refractivity (Wildman–Crippen MR) is 144 cm³/mol. The van der Waals surface area contributed by atoms with Crippen molar-refractivity contribution in [3.05, 3.63) is 130 Å². The number of rotatable bonds is 5. The first-order chi connectivity index (χ1) is 18.4. The van der Waals surface area contributed by atoms with Crippen LogP contribution in [0.2, 0.25) is 5.02 Å². The molecule has 192 valence electrons. The van der Waals surface area contributed by atoms with E-state index < -0.39 is 23.4 Å². The molecule has 0 spiro atoms. The lowest BCUT2D eigenvalue weighted by Gasteiger charge is -2.40. The quantitative estimate of drug-likeness (QED) is 0.291. The number of ether oxygens (including phenoxy) is 2. The minimum atomic E-state index is -1.73. The maximum atomic E-state index is 12.5. The van der Waals surface area contributed by atoms with Crippen LogP contribution in [-0.2, 0) is 22.5 Å². The molecule has 1 amide bonds. The summed E-state index contributed by atoms with van der Waals surface area (Å²) in [4.78, 5) is 12.5. The summed E-state index contributed by atoms with van der Waals surface area (Å²) < 4.78 is 12.0. The minimum absolute atomic E-state index is 0.137. The third kappa shape index (κ3) is 3.84. The molecule has 3 N–H and O–H groups in total. The molecule has 1 fully saturated rings. The summed E-state index contributed by atoms with van der Waals surface area (Å²) in [5, 5.41) is 27.0. The highest BCUT2D eigenvalue weighted by molar-refractivity contribution is 6.30. The van der Waals surface area contributed by atoms with E-state index >= 15 is 0 Å². The van der Waals surface area contributed by atoms with E-state index in [1.165, 1.54) is 0 Å². The van der Waals surface area contributed by atoms with Gasteiger partial charge in [0.25, 0.3) is 0 Å². The summed E-state index contributed by atoms with van der Waals surface area (Å²) in [6, 6.07) is 31.3. The Morgan fingerprint density at radius 2 is 1.66 bits per heavy atom. The number of aliphatic hydroxyl groups is 2. The predicted octanol–water partition coefficient (Wildman–Crippen LogP) is 6.11. The Morgan fingerprint density at radius 3 is 2.37 bits per heavy atom. The summed E-state index contributed by atoms with van der Waals surface area (Å²) in [6.45, 7) is 0.137. The fraction of sp³-hybridized carbons (Fsp3) is 0.194. The van der Waals surface area contributed by atoms with E-state index in [2.05, 4.69) is 5.32 Å². The highest BCUT2D eigenvalue weighted by Gasteiger charge is 2.72. The van der Waals surface area contributed by atoms with Gasteiger partial charge in [0.05, 0.1) is 6.10 Å². The molecule has 1 saturated carbocycles. The molecule has 4 aromatic rings. The second-order valence-corrected chi connectivity index (χ2v) is 10.2. The van der Waals surface area contributed by atoms with Gasteiger partial charge < -0.3 is 19.7 Å². The van der Waals surface area contributed by atoms with Crippen LogP contribution in [-0.4, -0.2) is 22.4 Å². The molecule has 1 heterocycles. The van der Waals surface area contributed by atoms with Gasteiger partial charge in [-0.3, -0.25) is 5.32 Å². The van der Waals surface area contributed by atoms with Gasteiger partial charge in [0, 0.05) is 28.3 Å². The number of aliphatic hydroxyl groups excluding tert-OH is 1. The van der Waals surface area contributed by atoms with Gasteiger partial charge in [-0.2, -0.15) is 0 Å². The highest BCUT2D eigenvalue weighted by atomic mass is 35.5. The van der Waals surface area contributed by atoms with E-state index in [1.807, 2.05) is 72.8 Å². The SMILES string of the molecule is O=C(Nc1ccc2c(c1)O[C@@]1(c3ccc(Cl)cc3)[C@H](c3ccccc3)C[C@H](O)[C@@]21O)OCc1ccccc1. The molecule has 0 bridgehead atoms. The molecule has 0 radical (unpaired) electrons. The first kappa shape index (κ1) is 24.5. The van der Waals surface area contributed by atoms with Gasteiger partial charge in [0.1, 0.15) is 12.4 Å². The van der Waals surface area contributed by atoms with Crippen LogP contribution < -0.4 is 10.1 Å². The zero-order valence-electron chi connectivity index (χ0n) is 20.4. The van der Waals surface area contributed by atoms with E-state index in [4.69, 9.17) is 21.1 Å². The van der Waals surface area contributed by atoms with Gasteiger partial charge in [0.2, 0.25) is 0 Å². The zero-order valence-corrected chi connectivity index (χ0v) is 21.1. The van der Waals surface area contributed by atoms with Gasteiger partial charge in [0.15, 0.2) is 11.2 Å². The van der Waals surface area contributed by atoms with E-state index in [1.54, 1.807) is 30.3 Å². The molecule has 2 aliphatic rings. The Morgan fingerprint density at radius 1 is 0.974 bits per heavy atom. The van der Waals surface area contributed by atoms with Crippen LogP contribution >= 0.6 is 11.6 Å². The van der Waals surface area contributed by atoms with Crippen molar-refractivity contribution in [3.63, 3.8) is 0 Å². The molecular formula is C31H26ClNO5. The van der Waals surface area contributed by atoms with Crippen molar-refractivity contribution >= 4 is 23.4 Å². The largest absolute Gasteiger partial charge is 0.478 e. The van der Waals surface area contributed by atoms with E-state index in [-0.39, 0.29) is 12.5 Å². The maximum Gasteiger partial charge on any atom is 0.411 e. The van der Waals surface area contributed by atoms with Crippen LogP contribution in [0.15, 0.2) is 103 Å². The lowest BCUT2D eigenvalue weighted by molar-refractivity contribution is -0.149. The average Bonchev–Trinajstić information content (AvgIpc) is 3.33. The smallest absolute Gasteiger partial charge is 0.411 e. The van der Waals surface area contributed by atoms with Crippen LogP contribution in [0.5, 0.6) is 5.75 Å². The number of halogens is 1. The maximum absolute atomic E-state index is 12.5. The number of hydrogen-bond donors (Lipinski definition) is 3. The molecule has 4 atom stereocenters. The first-order valence-electron chi connectivity index (χ1n) is 12.4. The van der Waals surface area contributed by atoms with Crippen molar-refractivity contribution in [2.45, 2.75) is 36.3 Å². The molecule has 38 heavy (non-hydrogen) atoms. The monoisotopic (exact) mass is 527 g/mol. The number of amides is 1. The summed E-state index contributed by atoms with van der Waals surface area (Å²) in [7, 11) is 0. The van der Waals surface area contributed by atoms with Gasteiger partial charge >= 0.3 is 6.09 Å². The molecule has 0 saturated heterocycles. The second-order valence-electron chi connectivity index (χ2n) is 9.72. The number of fused-ring (bicyclic) bond motifs is 3. The lowest BCUT2D eigenvalue weighted by atomic mass is 9.71. The fourth-order valence-corrected chi connectivity index (χ4v) is 6.01. The highest BCUT2D eigenvalue weighted by Crippen LogP contribution is 2.66. The van der Waals surface area contributed by atoms with Gasteiger partial charge in [-0.1, -0.05) is 90.5 Å². The fourth-order valence-electron chi connectivity index (χ4n) is 5.89.